The van der Waals surface area contributed by atoms with Crippen molar-refractivity contribution in [3.05, 3.63) is 35.4 Å². The number of hydrogen-bond acceptors (Lipinski definition) is 3. The normalized spacial score (nSPS) is 12.5. The fourth-order valence-corrected chi connectivity index (χ4v) is 1.22. The minimum Gasteiger partial charge on any atom is -0.377 e. The summed E-state index contributed by atoms with van der Waals surface area (Å²) < 4.78 is 5.16. The molecule has 3 nitrogen and oxygen atoms in total. The molecule has 2 N–H and O–H groups in total. The number of rotatable bonds is 4. The van der Waals surface area contributed by atoms with Crippen LogP contribution in [0.2, 0.25) is 0 Å². The Morgan fingerprint density at radius 3 is 2.86 bits per heavy atom. The molecule has 1 unspecified atom stereocenters. The first-order valence-electron chi connectivity index (χ1n) is 4.55. The van der Waals surface area contributed by atoms with Crippen LogP contribution in [-0.2, 0) is 4.74 Å². The van der Waals surface area contributed by atoms with Crippen molar-refractivity contribution in [2.24, 2.45) is 5.73 Å². The molecule has 0 aromatic heterocycles. The zero-order valence-corrected chi connectivity index (χ0v) is 8.49. The summed E-state index contributed by atoms with van der Waals surface area (Å²) in [6.45, 7) is 1.98. The lowest BCUT2D eigenvalue weighted by Gasteiger charge is -2.10. The standard InChI is InChI=1S/C11H15NO2/c1-8(14-2)9-4-3-5-10(6-9)11(13)7-12/h3-6,8H,7,12H2,1-2H3. The topological polar surface area (TPSA) is 52.3 Å². The summed E-state index contributed by atoms with van der Waals surface area (Å²) in [6.07, 6.45) is 0.000486. The minimum absolute atomic E-state index is 0.000486. The Balaban J connectivity index is 2.95. The molecule has 0 aliphatic heterocycles. The quantitative estimate of drug-likeness (QED) is 0.738. The molecule has 1 aromatic carbocycles. The number of hydrogen-bond donors (Lipinski definition) is 1. The number of methoxy groups -OCH3 is 1. The molecule has 1 rings (SSSR count). The average Bonchev–Trinajstić information content (AvgIpc) is 2.27. The first-order valence-corrected chi connectivity index (χ1v) is 4.55. The van der Waals surface area contributed by atoms with E-state index in [1.54, 1.807) is 13.2 Å². The van der Waals surface area contributed by atoms with Crippen LogP contribution in [0, 0.1) is 0 Å². The number of Topliss-reactive ketones (excluding diaryl/α,β-unsaturated/α-hetero) is 1. The van der Waals surface area contributed by atoms with Crippen LogP contribution in [0.15, 0.2) is 24.3 Å². The van der Waals surface area contributed by atoms with Gasteiger partial charge in [0.1, 0.15) is 0 Å². The Morgan fingerprint density at radius 1 is 1.57 bits per heavy atom. The predicted octanol–water partition coefficient (Wildman–Crippen LogP) is 1.54. The Bertz CT molecular complexity index is 323. The molecule has 0 amide bonds. The summed E-state index contributed by atoms with van der Waals surface area (Å²) >= 11 is 0. The molecule has 1 atom stereocenters. The van der Waals surface area contributed by atoms with E-state index in [9.17, 15) is 4.79 Å². The van der Waals surface area contributed by atoms with Crippen molar-refractivity contribution in [3.63, 3.8) is 0 Å². The zero-order chi connectivity index (χ0) is 10.6. The molecule has 0 radical (unpaired) electrons. The van der Waals surface area contributed by atoms with Crippen molar-refractivity contribution >= 4 is 5.78 Å². The van der Waals surface area contributed by atoms with Crippen LogP contribution in [0.25, 0.3) is 0 Å². The highest BCUT2D eigenvalue weighted by Gasteiger charge is 2.07. The largest absolute Gasteiger partial charge is 0.377 e. The van der Waals surface area contributed by atoms with Gasteiger partial charge in [-0.1, -0.05) is 18.2 Å². The van der Waals surface area contributed by atoms with Crippen molar-refractivity contribution in [1.82, 2.24) is 0 Å². The van der Waals surface area contributed by atoms with Crippen LogP contribution in [0.4, 0.5) is 0 Å². The second kappa shape index (κ2) is 4.88. The lowest BCUT2D eigenvalue weighted by Crippen LogP contribution is -2.13. The van der Waals surface area contributed by atoms with Crippen LogP contribution in [-0.4, -0.2) is 19.4 Å². The highest BCUT2D eigenvalue weighted by molar-refractivity contribution is 5.97. The molecule has 0 aliphatic rings. The Labute approximate surface area is 83.9 Å². The monoisotopic (exact) mass is 193 g/mol. The van der Waals surface area contributed by atoms with Gasteiger partial charge >= 0.3 is 0 Å². The van der Waals surface area contributed by atoms with Gasteiger partial charge in [0, 0.05) is 12.7 Å². The first-order chi connectivity index (χ1) is 6.69. The van der Waals surface area contributed by atoms with Gasteiger partial charge in [0.2, 0.25) is 0 Å². The summed E-state index contributed by atoms with van der Waals surface area (Å²) in [5, 5.41) is 0. The van der Waals surface area contributed by atoms with E-state index in [-0.39, 0.29) is 18.4 Å². The maximum Gasteiger partial charge on any atom is 0.176 e. The maximum atomic E-state index is 11.3. The lowest BCUT2D eigenvalue weighted by molar-refractivity contribution is 0.1000. The van der Waals surface area contributed by atoms with Gasteiger partial charge in [0.25, 0.3) is 0 Å². The fraction of sp³-hybridized carbons (Fsp3) is 0.364. The molecule has 0 aliphatic carbocycles. The number of carbonyl (C=O) groups is 1. The number of benzene rings is 1. The molecule has 0 heterocycles. The minimum atomic E-state index is -0.0462. The van der Waals surface area contributed by atoms with Gasteiger partial charge in [-0.2, -0.15) is 0 Å². The van der Waals surface area contributed by atoms with E-state index in [1.165, 1.54) is 0 Å². The summed E-state index contributed by atoms with van der Waals surface area (Å²) in [5.74, 6) is -0.0462. The highest BCUT2D eigenvalue weighted by atomic mass is 16.5. The van der Waals surface area contributed by atoms with Gasteiger partial charge in [-0.25, -0.2) is 0 Å². The van der Waals surface area contributed by atoms with E-state index < -0.39 is 0 Å². The fourth-order valence-electron chi connectivity index (χ4n) is 1.22. The SMILES string of the molecule is COC(C)c1cccc(C(=O)CN)c1. The highest BCUT2D eigenvalue weighted by Crippen LogP contribution is 2.16. The van der Waals surface area contributed by atoms with Gasteiger partial charge in [-0.15, -0.1) is 0 Å². The van der Waals surface area contributed by atoms with Gasteiger partial charge in [0.15, 0.2) is 5.78 Å². The molecule has 0 saturated carbocycles. The smallest absolute Gasteiger partial charge is 0.176 e. The van der Waals surface area contributed by atoms with E-state index in [2.05, 4.69) is 0 Å². The molecular weight excluding hydrogens is 178 g/mol. The number of carbonyl (C=O) groups excluding carboxylic acids is 1. The molecule has 3 heteroatoms. The van der Waals surface area contributed by atoms with Crippen molar-refractivity contribution in [2.75, 3.05) is 13.7 Å². The van der Waals surface area contributed by atoms with Crippen molar-refractivity contribution in [2.45, 2.75) is 13.0 Å². The lowest BCUT2D eigenvalue weighted by atomic mass is 10.0. The number of nitrogens with two attached hydrogens (primary N) is 1. The Morgan fingerprint density at radius 2 is 2.29 bits per heavy atom. The molecule has 0 fully saturated rings. The van der Waals surface area contributed by atoms with Crippen molar-refractivity contribution in [3.8, 4) is 0 Å². The average molecular weight is 193 g/mol. The number of ketones is 1. The Hall–Kier alpha value is -1.19. The van der Waals surface area contributed by atoms with Gasteiger partial charge in [-0.05, 0) is 18.6 Å². The second-order valence-corrected chi connectivity index (χ2v) is 3.13. The Kier molecular flexibility index (Phi) is 3.80. The predicted molar refractivity (Wildman–Crippen MR) is 55.3 cm³/mol. The van der Waals surface area contributed by atoms with Gasteiger partial charge in [0.05, 0.1) is 12.6 Å². The summed E-state index contributed by atoms with van der Waals surface area (Å²) in [4.78, 5) is 11.3. The van der Waals surface area contributed by atoms with E-state index >= 15 is 0 Å². The summed E-state index contributed by atoms with van der Waals surface area (Å²) in [6, 6.07) is 7.36. The maximum absolute atomic E-state index is 11.3. The first kappa shape index (κ1) is 10.9. The van der Waals surface area contributed by atoms with Crippen LogP contribution < -0.4 is 5.73 Å². The van der Waals surface area contributed by atoms with E-state index in [0.29, 0.717) is 5.56 Å². The van der Waals surface area contributed by atoms with Crippen molar-refractivity contribution in [1.29, 1.82) is 0 Å². The van der Waals surface area contributed by atoms with E-state index in [0.717, 1.165) is 5.56 Å². The molecule has 76 valence electrons. The molecule has 0 saturated heterocycles. The van der Waals surface area contributed by atoms with Gasteiger partial charge < -0.3 is 10.5 Å². The third kappa shape index (κ3) is 2.40. The molecule has 1 aromatic rings. The second-order valence-electron chi connectivity index (χ2n) is 3.13. The van der Waals surface area contributed by atoms with Crippen LogP contribution in [0.3, 0.4) is 0 Å². The molecule has 0 spiro atoms. The van der Waals surface area contributed by atoms with Crippen LogP contribution >= 0.6 is 0 Å². The summed E-state index contributed by atoms with van der Waals surface area (Å²) in [7, 11) is 1.64. The molecular formula is C11H15NO2. The van der Waals surface area contributed by atoms with E-state index in [4.69, 9.17) is 10.5 Å². The van der Waals surface area contributed by atoms with Crippen LogP contribution in [0.5, 0.6) is 0 Å². The van der Waals surface area contributed by atoms with Crippen LogP contribution in [0.1, 0.15) is 28.9 Å². The third-order valence-corrected chi connectivity index (χ3v) is 2.22. The van der Waals surface area contributed by atoms with E-state index in [1.807, 2.05) is 25.1 Å². The summed E-state index contributed by atoms with van der Waals surface area (Å²) in [5.41, 5.74) is 6.92. The zero-order valence-electron chi connectivity index (χ0n) is 8.49. The number of ether oxygens (including phenoxy) is 1. The van der Waals surface area contributed by atoms with Crippen molar-refractivity contribution < 1.29 is 9.53 Å². The third-order valence-electron chi connectivity index (χ3n) is 2.22. The molecule has 0 bridgehead atoms. The van der Waals surface area contributed by atoms with Gasteiger partial charge in [-0.3, -0.25) is 4.79 Å². The molecule has 14 heavy (non-hydrogen) atoms.